The highest BCUT2D eigenvalue weighted by atomic mass is 16.6. The van der Waals surface area contributed by atoms with Crippen LogP contribution >= 0.6 is 0 Å². The summed E-state index contributed by atoms with van der Waals surface area (Å²) in [4.78, 5) is 12.2. The molecular formula is C24H32O3. The third kappa shape index (κ3) is 2.06. The van der Waals surface area contributed by atoms with Gasteiger partial charge in [-0.2, -0.15) is 0 Å². The second kappa shape index (κ2) is 5.75. The van der Waals surface area contributed by atoms with Gasteiger partial charge in [0.1, 0.15) is 11.4 Å². The smallest absolute Gasteiger partial charge is 0.306 e. The standard InChI is InChI=1S/C24H32O3/c1-4-21(25)27-24-13-11-23(12-14-24)20-8-5-16-15-17(26-3)6-7-18(16)19(20)9-10-22(23,24)2/h6-7,15,19-20H,4-5,8-14H2,1-3H3/t19-,20-,22+,23-,24+/m1/s1. The summed E-state index contributed by atoms with van der Waals surface area (Å²) in [5.74, 6) is 2.39. The molecule has 0 aromatic heterocycles. The van der Waals surface area contributed by atoms with Crippen molar-refractivity contribution < 1.29 is 14.3 Å². The Kier molecular flexibility index (Phi) is 3.74. The first-order valence-electron chi connectivity index (χ1n) is 10.9. The number of hydrogen-bond acceptors (Lipinski definition) is 3. The molecule has 0 unspecified atom stereocenters. The van der Waals surface area contributed by atoms with E-state index in [1.54, 1.807) is 12.7 Å². The molecule has 27 heavy (non-hydrogen) atoms. The molecule has 3 fully saturated rings. The molecule has 146 valence electrons. The number of carbonyl (C=O) groups is 1. The Balaban J connectivity index is 1.52. The van der Waals surface area contributed by atoms with Crippen LogP contribution in [-0.2, 0) is 16.0 Å². The van der Waals surface area contributed by atoms with Crippen LogP contribution in [0.5, 0.6) is 5.75 Å². The van der Waals surface area contributed by atoms with E-state index >= 15 is 0 Å². The normalized spacial score (nSPS) is 41.4. The molecule has 4 aliphatic rings. The van der Waals surface area contributed by atoms with Crippen molar-refractivity contribution >= 4 is 5.97 Å². The van der Waals surface area contributed by atoms with E-state index in [-0.39, 0.29) is 17.0 Å². The van der Waals surface area contributed by atoms with Crippen LogP contribution in [0.1, 0.15) is 82.3 Å². The SMILES string of the molecule is CCC(=O)O[C@]12CC[C@]3(CC1)[C@@H]1CCc4cc(OC)ccc4[C@H]1CC[C@]23C. The van der Waals surface area contributed by atoms with E-state index in [0.29, 0.717) is 17.8 Å². The first kappa shape index (κ1) is 17.6. The summed E-state index contributed by atoms with van der Waals surface area (Å²) in [6.45, 7) is 4.39. The number of aryl methyl sites for hydroxylation is 1. The second-order valence-electron chi connectivity index (χ2n) is 9.67. The van der Waals surface area contributed by atoms with Crippen molar-refractivity contribution in [3.63, 3.8) is 0 Å². The quantitative estimate of drug-likeness (QED) is 0.670. The molecule has 1 aromatic carbocycles. The van der Waals surface area contributed by atoms with Gasteiger partial charge in [-0.25, -0.2) is 0 Å². The van der Waals surface area contributed by atoms with Crippen molar-refractivity contribution in [3.05, 3.63) is 29.3 Å². The molecule has 0 radical (unpaired) electrons. The van der Waals surface area contributed by atoms with E-state index in [9.17, 15) is 4.79 Å². The Morgan fingerprint density at radius 2 is 1.93 bits per heavy atom. The van der Waals surface area contributed by atoms with Crippen LogP contribution in [0.2, 0.25) is 0 Å². The van der Waals surface area contributed by atoms with Gasteiger partial charge in [-0.05, 0) is 91.9 Å². The number of methoxy groups -OCH3 is 1. The summed E-state index contributed by atoms with van der Waals surface area (Å²) in [6, 6.07) is 6.73. The van der Waals surface area contributed by atoms with Crippen LogP contribution < -0.4 is 4.74 Å². The van der Waals surface area contributed by atoms with E-state index in [1.807, 2.05) is 6.92 Å². The Morgan fingerprint density at radius 3 is 2.63 bits per heavy atom. The van der Waals surface area contributed by atoms with Crippen molar-refractivity contribution in [2.75, 3.05) is 7.11 Å². The monoisotopic (exact) mass is 368 g/mol. The minimum atomic E-state index is -0.189. The highest BCUT2D eigenvalue weighted by Gasteiger charge is 2.75. The topological polar surface area (TPSA) is 35.5 Å². The number of carbonyl (C=O) groups excluding carboxylic acids is 1. The predicted octanol–water partition coefficient (Wildman–Crippen LogP) is 5.41. The van der Waals surface area contributed by atoms with Gasteiger partial charge in [-0.15, -0.1) is 0 Å². The number of benzene rings is 1. The Labute approximate surface area is 162 Å². The third-order valence-electron chi connectivity index (χ3n) is 9.28. The lowest BCUT2D eigenvalue weighted by Crippen LogP contribution is -2.53. The van der Waals surface area contributed by atoms with Gasteiger partial charge in [0.05, 0.1) is 7.11 Å². The zero-order chi connectivity index (χ0) is 18.9. The Bertz CT molecular complexity index is 774. The highest BCUT2D eigenvalue weighted by Crippen LogP contribution is 2.78. The minimum absolute atomic E-state index is 0.00265. The maximum Gasteiger partial charge on any atom is 0.306 e. The molecule has 3 atom stereocenters. The van der Waals surface area contributed by atoms with Crippen LogP contribution in [0, 0.1) is 16.7 Å². The first-order valence-corrected chi connectivity index (χ1v) is 10.9. The van der Waals surface area contributed by atoms with E-state index in [0.717, 1.165) is 30.9 Å². The van der Waals surface area contributed by atoms with Crippen LogP contribution in [-0.4, -0.2) is 18.7 Å². The van der Waals surface area contributed by atoms with Crippen LogP contribution in [0.15, 0.2) is 18.2 Å². The van der Waals surface area contributed by atoms with Gasteiger partial charge in [0.25, 0.3) is 0 Å². The summed E-state index contributed by atoms with van der Waals surface area (Å²) in [5, 5.41) is 0. The molecule has 2 bridgehead atoms. The zero-order valence-electron chi connectivity index (χ0n) is 17.0. The van der Waals surface area contributed by atoms with E-state index < -0.39 is 0 Å². The summed E-state index contributed by atoms with van der Waals surface area (Å²) in [6.07, 6.45) is 9.99. The van der Waals surface area contributed by atoms with E-state index in [2.05, 4.69) is 25.1 Å². The van der Waals surface area contributed by atoms with Gasteiger partial charge in [-0.3, -0.25) is 4.79 Å². The van der Waals surface area contributed by atoms with Gasteiger partial charge in [0, 0.05) is 11.8 Å². The van der Waals surface area contributed by atoms with Crippen LogP contribution in [0.4, 0.5) is 0 Å². The fraction of sp³-hybridized carbons (Fsp3) is 0.708. The molecule has 1 aromatic rings. The van der Waals surface area contributed by atoms with Gasteiger partial charge in [0.2, 0.25) is 0 Å². The van der Waals surface area contributed by atoms with E-state index in [1.165, 1.54) is 37.7 Å². The van der Waals surface area contributed by atoms with Crippen molar-refractivity contribution in [2.24, 2.45) is 16.7 Å². The number of ether oxygens (including phenoxy) is 2. The molecule has 3 nitrogen and oxygen atoms in total. The van der Waals surface area contributed by atoms with Crippen molar-refractivity contribution in [1.29, 1.82) is 0 Å². The number of rotatable bonds is 3. The lowest BCUT2D eigenvalue weighted by Gasteiger charge is -2.57. The molecule has 5 rings (SSSR count). The zero-order valence-corrected chi connectivity index (χ0v) is 17.0. The van der Waals surface area contributed by atoms with E-state index in [4.69, 9.17) is 9.47 Å². The van der Waals surface area contributed by atoms with Crippen LogP contribution in [0.3, 0.4) is 0 Å². The fourth-order valence-electron chi connectivity index (χ4n) is 7.90. The maximum atomic E-state index is 12.2. The van der Waals surface area contributed by atoms with Crippen molar-refractivity contribution in [2.45, 2.75) is 83.2 Å². The molecule has 0 N–H and O–H groups in total. The largest absolute Gasteiger partial charge is 0.497 e. The molecule has 3 saturated carbocycles. The molecule has 3 heteroatoms. The first-order chi connectivity index (χ1) is 13.0. The number of esters is 1. The van der Waals surface area contributed by atoms with Crippen LogP contribution in [0.25, 0.3) is 0 Å². The molecule has 4 aliphatic carbocycles. The Morgan fingerprint density at radius 1 is 1.15 bits per heavy atom. The molecule has 0 amide bonds. The highest BCUT2D eigenvalue weighted by molar-refractivity contribution is 5.69. The Hall–Kier alpha value is -1.51. The van der Waals surface area contributed by atoms with Crippen molar-refractivity contribution in [3.8, 4) is 5.75 Å². The average molecular weight is 369 g/mol. The second-order valence-corrected chi connectivity index (χ2v) is 9.67. The minimum Gasteiger partial charge on any atom is -0.497 e. The van der Waals surface area contributed by atoms with Gasteiger partial charge >= 0.3 is 5.97 Å². The molecule has 0 saturated heterocycles. The summed E-state index contributed by atoms with van der Waals surface area (Å²) in [7, 11) is 1.76. The predicted molar refractivity (Wildman–Crippen MR) is 105 cm³/mol. The lowest BCUT2D eigenvalue weighted by molar-refractivity contribution is -0.176. The molecule has 0 spiro atoms. The van der Waals surface area contributed by atoms with Crippen molar-refractivity contribution in [1.82, 2.24) is 0 Å². The third-order valence-corrected chi connectivity index (χ3v) is 9.28. The van der Waals surface area contributed by atoms with Gasteiger partial charge < -0.3 is 9.47 Å². The summed E-state index contributed by atoms with van der Waals surface area (Å²) in [5.41, 5.74) is 3.40. The molecular weight excluding hydrogens is 336 g/mol. The lowest BCUT2D eigenvalue weighted by atomic mass is 9.48. The van der Waals surface area contributed by atoms with Gasteiger partial charge in [-0.1, -0.05) is 19.9 Å². The maximum absolute atomic E-state index is 12.2. The summed E-state index contributed by atoms with van der Waals surface area (Å²) >= 11 is 0. The number of fused-ring (bicyclic) bond motifs is 3. The average Bonchev–Trinajstić information content (AvgIpc) is 3.10. The van der Waals surface area contributed by atoms with Gasteiger partial charge in [0.15, 0.2) is 0 Å². The molecule has 0 aliphatic heterocycles. The fourth-order valence-corrected chi connectivity index (χ4v) is 7.90. The molecule has 0 heterocycles. The number of hydrogen-bond donors (Lipinski definition) is 0. The summed E-state index contributed by atoms with van der Waals surface area (Å²) < 4.78 is 11.7.